The van der Waals surface area contributed by atoms with E-state index in [2.05, 4.69) is 64.2 Å². The van der Waals surface area contributed by atoms with Crippen LogP contribution in [0.4, 0.5) is 0 Å². The van der Waals surface area contributed by atoms with Gasteiger partial charge < -0.3 is 28.4 Å². The maximum Gasteiger partial charge on any atom is 0.306 e. The SMILES string of the molecule is CCCCCCCCC=CCCCCCCCC(=O)OCC(COCCCCCCCCCCCCCCCCCC)OC(=O)CCCCCCCC=CCCCCCCCC(=O)OC(COC(=O)CCCCCCCC=CCCCCCCCC)COC(=O)CCCCCCCCCCCCCCCCC. The molecule has 0 amide bonds. The van der Waals surface area contributed by atoms with E-state index in [1.54, 1.807) is 0 Å². The summed E-state index contributed by atoms with van der Waals surface area (Å²) in [5.41, 5.74) is 0. The summed E-state index contributed by atoms with van der Waals surface area (Å²) < 4.78 is 34.7. The van der Waals surface area contributed by atoms with Crippen molar-refractivity contribution >= 4 is 29.8 Å². The largest absolute Gasteiger partial charge is 0.462 e. The molecule has 0 aromatic heterocycles. The first kappa shape index (κ1) is 104. The van der Waals surface area contributed by atoms with Gasteiger partial charge in [-0.25, -0.2) is 0 Å². The molecule has 0 aromatic carbocycles. The van der Waals surface area contributed by atoms with Crippen LogP contribution in [0.15, 0.2) is 36.5 Å². The van der Waals surface area contributed by atoms with Gasteiger partial charge in [0, 0.05) is 38.7 Å². The molecule has 0 radical (unpaired) electrons. The van der Waals surface area contributed by atoms with Crippen LogP contribution in [0.5, 0.6) is 0 Å². The summed E-state index contributed by atoms with van der Waals surface area (Å²) in [6.07, 6.45) is 97.9. The van der Waals surface area contributed by atoms with Gasteiger partial charge in [0.1, 0.15) is 19.8 Å². The Labute approximate surface area is 663 Å². The lowest BCUT2D eigenvalue weighted by Crippen LogP contribution is -2.30. The fourth-order valence-electron chi connectivity index (χ4n) is 14.1. The summed E-state index contributed by atoms with van der Waals surface area (Å²) >= 11 is 0. The van der Waals surface area contributed by atoms with Crippen LogP contribution in [0.3, 0.4) is 0 Å². The Bertz CT molecular complexity index is 1950. The zero-order chi connectivity index (χ0) is 77.4. The van der Waals surface area contributed by atoms with Crippen LogP contribution in [0, 0.1) is 0 Å². The second-order valence-electron chi connectivity index (χ2n) is 32.1. The molecule has 0 N–H and O–H groups in total. The molecule has 628 valence electrons. The molecule has 2 unspecified atom stereocenters. The molecule has 0 fully saturated rings. The summed E-state index contributed by atoms with van der Waals surface area (Å²) in [6, 6.07) is 0. The van der Waals surface area contributed by atoms with Crippen molar-refractivity contribution in [2.45, 2.75) is 515 Å². The van der Waals surface area contributed by atoms with E-state index in [9.17, 15) is 24.0 Å². The van der Waals surface area contributed by atoms with Crippen molar-refractivity contribution in [3.8, 4) is 0 Å². The molecular formula is C96H178O11. The molecule has 0 saturated heterocycles. The van der Waals surface area contributed by atoms with E-state index in [-0.39, 0.29) is 62.7 Å². The molecule has 0 saturated carbocycles. The second-order valence-corrected chi connectivity index (χ2v) is 32.1. The van der Waals surface area contributed by atoms with Crippen molar-refractivity contribution in [3.63, 3.8) is 0 Å². The van der Waals surface area contributed by atoms with Crippen LogP contribution in [0.2, 0.25) is 0 Å². The van der Waals surface area contributed by atoms with Gasteiger partial charge in [0.2, 0.25) is 0 Å². The number of rotatable bonds is 89. The summed E-state index contributed by atoms with van der Waals surface area (Å²) in [6.45, 7) is 9.80. The Kier molecular flexibility index (Phi) is 86.8. The Morgan fingerprint density at radius 3 is 0.579 bits per heavy atom. The van der Waals surface area contributed by atoms with Gasteiger partial charge in [0.15, 0.2) is 12.2 Å². The van der Waals surface area contributed by atoms with E-state index in [0.29, 0.717) is 32.3 Å². The van der Waals surface area contributed by atoms with Crippen LogP contribution < -0.4 is 0 Å². The fourth-order valence-corrected chi connectivity index (χ4v) is 14.1. The van der Waals surface area contributed by atoms with Crippen molar-refractivity contribution in [1.29, 1.82) is 0 Å². The molecule has 0 spiro atoms. The Balaban J connectivity index is 4.68. The normalized spacial score (nSPS) is 12.3. The smallest absolute Gasteiger partial charge is 0.306 e. The topological polar surface area (TPSA) is 141 Å². The van der Waals surface area contributed by atoms with Gasteiger partial charge >= 0.3 is 29.8 Å². The van der Waals surface area contributed by atoms with Gasteiger partial charge in [0.05, 0.1) is 6.61 Å². The van der Waals surface area contributed by atoms with Crippen molar-refractivity contribution in [3.05, 3.63) is 36.5 Å². The van der Waals surface area contributed by atoms with Crippen LogP contribution in [0.1, 0.15) is 503 Å². The second kappa shape index (κ2) is 89.7. The third-order valence-corrected chi connectivity index (χ3v) is 21.3. The number of carbonyl (C=O) groups is 5. The minimum absolute atomic E-state index is 0.0465. The highest BCUT2D eigenvalue weighted by Gasteiger charge is 2.21. The van der Waals surface area contributed by atoms with E-state index in [1.165, 1.54) is 276 Å². The molecule has 2 atom stereocenters. The van der Waals surface area contributed by atoms with E-state index in [1.807, 2.05) is 0 Å². The number of allylic oxidation sites excluding steroid dienone is 6. The standard InChI is InChI=1S/C96H178O11/c1-5-9-13-17-21-25-29-33-37-43-49-55-61-67-73-79-85-102-86-90(87-103-92(97)80-74-68-62-56-50-44-38-34-30-26-22-18-14-10-6-2)106-95(100)83-77-71-65-59-53-47-41-42-48-54-60-66-72-78-84-96(101)107-91(88-104-93(98)81-75-69-63-57-51-45-39-35-31-27-23-19-15-11-7-3)89-105-94(99)82-76-70-64-58-52-46-40-36-32-28-24-20-16-12-8-4/h34-35,38-39,41-42,90-91H,5-33,36-37,40,43-89H2,1-4H3. The number of ether oxygens (including phenoxy) is 6. The van der Waals surface area contributed by atoms with Crippen LogP contribution in [-0.2, 0) is 52.4 Å². The predicted octanol–water partition coefficient (Wildman–Crippen LogP) is 30.1. The van der Waals surface area contributed by atoms with Gasteiger partial charge in [-0.3, -0.25) is 24.0 Å². The third kappa shape index (κ3) is 86.4. The maximum absolute atomic E-state index is 13.1. The van der Waals surface area contributed by atoms with Gasteiger partial charge in [-0.1, -0.05) is 392 Å². The quantitative estimate of drug-likeness (QED) is 0.0249. The monoisotopic (exact) mass is 1510 g/mol. The lowest BCUT2D eigenvalue weighted by Gasteiger charge is -2.18. The predicted molar refractivity (Wildman–Crippen MR) is 455 cm³/mol. The van der Waals surface area contributed by atoms with Gasteiger partial charge in [0.25, 0.3) is 0 Å². The Morgan fingerprint density at radius 1 is 0.196 bits per heavy atom. The lowest BCUT2D eigenvalue weighted by atomic mass is 10.0. The molecule has 0 bridgehead atoms. The lowest BCUT2D eigenvalue weighted by molar-refractivity contribution is -0.167. The van der Waals surface area contributed by atoms with E-state index in [0.717, 1.165) is 167 Å². The molecule has 0 rings (SSSR count). The molecule has 11 nitrogen and oxygen atoms in total. The highest BCUT2D eigenvalue weighted by Crippen LogP contribution is 2.20. The first-order valence-corrected chi connectivity index (χ1v) is 47.1. The minimum atomic E-state index is -0.815. The van der Waals surface area contributed by atoms with Crippen LogP contribution in [-0.4, -0.2) is 75.1 Å². The molecule has 11 heteroatoms. The summed E-state index contributed by atoms with van der Waals surface area (Å²) in [5, 5.41) is 0. The average Bonchev–Trinajstić information content (AvgIpc) is 0.981. The zero-order valence-corrected chi connectivity index (χ0v) is 71.5. The van der Waals surface area contributed by atoms with Gasteiger partial charge in [-0.15, -0.1) is 0 Å². The molecule has 0 aromatic rings. The first-order valence-electron chi connectivity index (χ1n) is 47.1. The molecule has 0 aliphatic rings. The van der Waals surface area contributed by atoms with E-state index in [4.69, 9.17) is 28.4 Å². The van der Waals surface area contributed by atoms with Crippen LogP contribution in [0.25, 0.3) is 0 Å². The average molecular weight is 1510 g/mol. The summed E-state index contributed by atoms with van der Waals surface area (Å²) in [5.74, 6) is -1.40. The van der Waals surface area contributed by atoms with Crippen molar-refractivity contribution in [2.24, 2.45) is 0 Å². The Morgan fingerprint density at radius 2 is 0.364 bits per heavy atom. The molecule has 0 aliphatic carbocycles. The van der Waals surface area contributed by atoms with Gasteiger partial charge in [-0.05, 0) is 116 Å². The number of esters is 5. The van der Waals surface area contributed by atoms with Crippen molar-refractivity contribution in [2.75, 3.05) is 33.0 Å². The number of hydrogen-bond acceptors (Lipinski definition) is 11. The third-order valence-electron chi connectivity index (χ3n) is 21.3. The molecule has 0 heterocycles. The number of carbonyl (C=O) groups excluding carboxylic acids is 5. The highest BCUT2D eigenvalue weighted by atomic mass is 16.6. The Hall–Kier alpha value is -3.47. The summed E-state index contributed by atoms with van der Waals surface area (Å²) in [4.78, 5) is 64.6. The molecule has 107 heavy (non-hydrogen) atoms. The van der Waals surface area contributed by atoms with Gasteiger partial charge in [-0.2, -0.15) is 0 Å². The van der Waals surface area contributed by atoms with Crippen LogP contribution >= 0.6 is 0 Å². The van der Waals surface area contributed by atoms with Crippen molar-refractivity contribution in [1.82, 2.24) is 0 Å². The zero-order valence-electron chi connectivity index (χ0n) is 71.5. The van der Waals surface area contributed by atoms with Crippen molar-refractivity contribution < 1.29 is 52.4 Å². The summed E-state index contributed by atoms with van der Waals surface area (Å²) in [7, 11) is 0. The fraction of sp³-hybridized carbons (Fsp3) is 0.885. The molecular weight excluding hydrogens is 1330 g/mol. The van der Waals surface area contributed by atoms with E-state index >= 15 is 0 Å². The maximum atomic E-state index is 13.1. The number of hydrogen-bond donors (Lipinski definition) is 0. The van der Waals surface area contributed by atoms with E-state index < -0.39 is 12.2 Å². The first-order chi connectivity index (χ1) is 52.7. The molecule has 0 aliphatic heterocycles. The number of unbranched alkanes of at least 4 members (excludes halogenated alkanes) is 61. The minimum Gasteiger partial charge on any atom is -0.462 e. The highest BCUT2D eigenvalue weighted by molar-refractivity contribution is 5.71.